The van der Waals surface area contributed by atoms with Crippen LogP contribution in [0, 0.1) is 5.92 Å². The monoisotopic (exact) mass is 262 g/mol. The van der Waals surface area contributed by atoms with Crippen LogP contribution in [-0.2, 0) is 20.0 Å². The van der Waals surface area contributed by atoms with Crippen LogP contribution in [0.2, 0.25) is 0 Å². The fourth-order valence-electron chi connectivity index (χ4n) is 1.67. The van der Waals surface area contributed by atoms with Crippen LogP contribution in [0.4, 0.5) is 0 Å². The van der Waals surface area contributed by atoms with Crippen molar-refractivity contribution in [2.75, 3.05) is 0 Å². The van der Waals surface area contributed by atoms with Crippen LogP contribution >= 0.6 is 0 Å². The molecule has 0 amide bonds. The van der Waals surface area contributed by atoms with Gasteiger partial charge in [0, 0.05) is 11.2 Å². The molecule has 2 nitrogen and oxygen atoms in total. The quantitative estimate of drug-likeness (QED) is 0.680. The van der Waals surface area contributed by atoms with Crippen LogP contribution < -0.4 is 0 Å². The summed E-state index contributed by atoms with van der Waals surface area (Å²) in [6.45, 7) is 7.68. The van der Waals surface area contributed by atoms with Crippen LogP contribution in [0.15, 0.2) is 24.8 Å². The molecule has 0 aliphatic carbocycles. The lowest BCUT2D eigenvalue weighted by atomic mass is 9.99. The summed E-state index contributed by atoms with van der Waals surface area (Å²) in [5, 5.41) is -0.284. The van der Waals surface area contributed by atoms with Crippen molar-refractivity contribution in [3.05, 3.63) is 24.8 Å². The molecule has 0 fully saturated rings. The fourth-order valence-corrected chi connectivity index (χ4v) is 3.20. The summed E-state index contributed by atoms with van der Waals surface area (Å²) in [6, 6.07) is 0. The van der Waals surface area contributed by atoms with Gasteiger partial charge < -0.3 is 4.55 Å². The lowest BCUT2D eigenvalue weighted by Crippen LogP contribution is -2.22. The van der Waals surface area contributed by atoms with Crippen molar-refractivity contribution < 1.29 is 8.76 Å². The van der Waals surface area contributed by atoms with E-state index in [9.17, 15) is 8.76 Å². The molecule has 0 saturated heterocycles. The van der Waals surface area contributed by atoms with Crippen molar-refractivity contribution in [1.82, 2.24) is 0 Å². The van der Waals surface area contributed by atoms with Crippen molar-refractivity contribution in [2.24, 2.45) is 5.92 Å². The molecule has 0 aromatic carbocycles. The highest BCUT2D eigenvalue weighted by molar-refractivity contribution is 8.30. The first-order valence-corrected chi connectivity index (χ1v) is 8.10. The van der Waals surface area contributed by atoms with Crippen molar-refractivity contribution >= 4 is 20.0 Å². The SMILES string of the molecule is C=CC[C@H](C)C[C@@H](CC/C=C/C)S(=O)(O)=S. The minimum absolute atomic E-state index is 0.284. The molecule has 1 unspecified atom stereocenters. The van der Waals surface area contributed by atoms with Crippen molar-refractivity contribution in [2.45, 2.75) is 44.8 Å². The Morgan fingerprint density at radius 3 is 2.62 bits per heavy atom. The average Bonchev–Trinajstić information content (AvgIpc) is 2.15. The van der Waals surface area contributed by atoms with Gasteiger partial charge in [0.05, 0.1) is 5.25 Å². The van der Waals surface area contributed by atoms with Gasteiger partial charge in [0.25, 0.3) is 0 Å². The summed E-state index contributed by atoms with van der Waals surface area (Å²) in [7, 11) is -3.09. The second-order valence-electron chi connectivity index (χ2n) is 4.15. The lowest BCUT2D eigenvalue weighted by molar-refractivity contribution is 0.474. The van der Waals surface area contributed by atoms with Gasteiger partial charge in [-0.3, -0.25) is 0 Å². The van der Waals surface area contributed by atoms with E-state index in [-0.39, 0.29) is 5.25 Å². The molecule has 3 atom stereocenters. The Balaban J connectivity index is 4.38. The van der Waals surface area contributed by atoms with Crippen molar-refractivity contribution in [3.8, 4) is 0 Å². The zero-order valence-electron chi connectivity index (χ0n) is 10.1. The molecule has 0 aromatic rings. The van der Waals surface area contributed by atoms with E-state index >= 15 is 0 Å². The number of allylic oxidation sites excluding steroid dienone is 3. The Kier molecular flexibility index (Phi) is 7.89. The van der Waals surface area contributed by atoms with Crippen LogP contribution in [-0.4, -0.2) is 14.0 Å². The maximum atomic E-state index is 11.5. The average molecular weight is 262 g/mol. The summed E-state index contributed by atoms with van der Waals surface area (Å²) in [4.78, 5) is 0. The first kappa shape index (κ1) is 15.8. The Morgan fingerprint density at radius 1 is 1.56 bits per heavy atom. The third kappa shape index (κ3) is 7.14. The molecule has 0 heterocycles. The Hall–Kier alpha value is -0.190. The van der Waals surface area contributed by atoms with Crippen LogP contribution in [0.3, 0.4) is 0 Å². The highest BCUT2D eigenvalue weighted by Crippen LogP contribution is 2.20. The summed E-state index contributed by atoms with van der Waals surface area (Å²) >= 11 is 4.69. The summed E-state index contributed by atoms with van der Waals surface area (Å²) in [5.41, 5.74) is 0. The van der Waals surface area contributed by atoms with Crippen LogP contribution in [0.1, 0.15) is 39.5 Å². The molecule has 94 valence electrons. The Morgan fingerprint density at radius 2 is 2.19 bits per heavy atom. The normalized spacial score (nSPS) is 19.2. The summed E-state index contributed by atoms with van der Waals surface area (Å²) in [6.07, 6.45) is 8.86. The maximum Gasteiger partial charge on any atom is 0.144 e. The van der Waals surface area contributed by atoms with E-state index in [1.165, 1.54) is 0 Å². The van der Waals surface area contributed by atoms with Gasteiger partial charge in [0.15, 0.2) is 0 Å². The fraction of sp³-hybridized carbons (Fsp3) is 0.667. The highest BCUT2D eigenvalue weighted by atomic mass is 32.8. The predicted molar refractivity (Wildman–Crippen MR) is 74.6 cm³/mol. The summed E-state index contributed by atoms with van der Waals surface area (Å²) < 4.78 is 21.0. The standard InChI is InChI=1S/C12H22O2S2/c1-4-6-7-9-12(16(13,14)15)10-11(3)8-5-2/h4-6,11-12H,2,7-10H2,1,3H3,(H,13,14,15)/b6-4+/t11-,12+/m0/s1. The van der Waals surface area contributed by atoms with Crippen LogP contribution in [0.5, 0.6) is 0 Å². The van der Waals surface area contributed by atoms with E-state index in [2.05, 4.69) is 13.5 Å². The summed E-state index contributed by atoms with van der Waals surface area (Å²) in [5.74, 6) is 0.365. The molecule has 0 spiro atoms. The predicted octanol–water partition coefficient (Wildman–Crippen LogP) is 3.53. The molecule has 4 heteroatoms. The number of hydrogen-bond acceptors (Lipinski definition) is 2. The first-order chi connectivity index (χ1) is 7.41. The molecule has 16 heavy (non-hydrogen) atoms. The van der Waals surface area contributed by atoms with E-state index in [0.29, 0.717) is 18.8 Å². The van der Waals surface area contributed by atoms with E-state index in [4.69, 9.17) is 11.2 Å². The lowest BCUT2D eigenvalue weighted by Gasteiger charge is -2.18. The molecular weight excluding hydrogens is 240 g/mol. The maximum absolute atomic E-state index is 11.5. The molecule has 0 bridgehead atoms. The third-order valence-electron chi connectivity index (χ3n) is 2.55. The van der Waals surface area contributed by atoms with Gasteiger partial charge in [-0.05, 0) is 38.5 Å². The Labute approximate surface area is 104 Å². The van der Waals surface area contributed by atoms with Gasteiger partial charge in [-0.15, -0.1) is 6.58 Å². The van der Waals surface area contributed by atoms with Gasteiger partial charge in [0.1, 0.15) is 8.77 Å². The van der Waals surface area contributed by atoms with Gasteiger partial charge in [-0.25, -0.2) is 4.21 Å². The molecule has 0 rings (SSSR count). The number of hydrogen-bond donors (Lipinski definition) is 1. The molecule has 0 aromatic heterocycles. The minimum Gasteiger partial charge on any atom is -0.305 e. The molecular formula is C12H22O2S2. The van der Waals surface area contributed by atoms with Crippen LogP contribution in [0.25, 0.3) is 0 Å². The van der Waals surface area contributed by atoms with E-state index in [0.717, 1.165) is 12.8 Å². The first-order valence-electron chi connectivity index (χ1n) is 5.60. The second-order valence-corrected chi connectivity index (χ2v) is 7.28. The zero-order chi connectivity index (χ0) is 12.6. The minimum atomic E-state index is -3.09. The molecule has 0 radical (unpaired) electrons. The van der Waals surface area contributed by atoms with Crippen molar-refractivity contribution in [3.63, 3.8) is 0 Å². The highest BCUT2D eigenvalue weighted by Gasteiger charge is 2.20. The second kappa shape index (κ2) is 7.98. The molecule has 0 saturated carbocycles. The van der Waals surface area contributed by atoms with E-state index in [1.54, 1.807) is 0 Å². The molecule has 0 aliphatic rings. The number of rotatable bonds is 8. The Bertz CT molecular complexity index is 318. The molecule has 0 aliphatic heterocycles. The molecule has 1 N–H and O–H groups in total. The smallest absolute Gasteiger partial charge is 0.144 e. The van der Waals surface area contributed by atoms with Gasteiger partial charge in [-0.2, -0.15) is 0 Å². The van der Waals surface area contributed by atoms with E-state index in [1.807, 2.05) is 25.2 Å². The third-order valence-corrected chi connectivity index (χ3v) is 4.63. The van der Waals surface area contributed by atoms with Gasteiger partial charge in [0.2, 0.25) is 0 Å². The topological polar surface area (TPSA) is 37.3 Å². The van der Waals surface area contributed by atoms with Gasteiger partial charge >= 0.3 is 0 Å². The van der Waals surface area contributed by atoms with Gasteiger partial charge in [-0.1, -0.05) is 25.2 Å². The van der Waals surface area contributed by atoms with Crippen molar-refractivity contribution in [1.29, 1.82) is 0 Å². The van der Waals surface area contributed by atoms with E-state index < -0.39 is 8.77 Å². The zero-order valence-corrected chi connectivity index (χ0v) is 11.7. The largest absolute Gasteiger partial charge is 0.305 e.